The Kier molecular flexibility index (Phi) is 16.9. The summed E-state index contributed by atoms with van der Waals surface area (Å²) in [6.07, 6.45) is 23.5. The molecule has 0 rings (SSSR count). The molecule has 0 spiro atoms. The summed E-state index contributed by atoms with van der Waals surface area (Å²) in [5.74, 6) is -0.138. The van der Waals surface area contributed by atoms with E-state index in [-0.39, 0.29) is 16.9 Å². The molecule has 0 amide bonds. The van der Waals surface area contributed by atoms with Crippen LogP contribution in [0.15, 0.2) is 48.6 Å². The molecule has 2 atom stereocenters. The molecule has 0 aromatic rings. The molecule has 0 aliphatic carbocycles. The van der Waals surface area contributed by atoms with Crippen molar-refractivity contribution in [3.63, 3.8) is 0 Å². The normalized spacial score (nSPS) is 14.9. The summed E-state index contributed by atoms with van der Waals surface area (Å²) in [6, 6.07) is 0. The van der Waals surface area contributed by atoms with Crippen LogP contribution in [0.3, 0.4) is 0 Å². The summed E-state index contributed by atoms with van der Waals surface area (Å²) in [7, 11) is 1.42. The van der Waals surface area contributed by atoms with E-state index < -0.39 is 0 Å². The zero-order chi connectivity index (χ0) is 18.8. The lowest BCUT2D eigenvalue weighted by molar-refractivity contribution is -0.140. The zero-order valence-corrected chi connectivity index (χ0v) is 17.2. The Morgan fingerprint density at radius 3 is 2.04 bits per heavy atom. The maximum Gasteiger partial charge on any atom is 0.305 e. The lowest BCUT2D eigenvalue weighted by Gasteiger charge is -2.12. The minimum Gasteiger partial charge on any atom is -0.469 e. The molecule has 0 bridgehead atoms. The number of hydrogen-bond donors (Lipinski definition) is 1. The van der Waals surface area contributed by atoms with Crippen molar-refractivity contribution in [2.45, 2.75) is 69.2 Å². The van der Waals surface area contributed by atoms with E-state index in [1.807, 2.05) is 6.92 Å². The highest BCUT2D eigenvalue weighted by Crippen LogP contribution is 2.13. The van der Waals surface area contributed by atoms with E-state index >= 15 is 0 Å². The third kappa shape index (κ3) is 16.1. The van der Waals surface area contributed by atoms with E-state index in [1.165, 1.54) is 7.11 Å². The first kappa shape index (κ1) is 23.9. The minimum absolute atomic E-state index is 0.138. The second kappa shape index (κ2) is 17.7. The molecular weight excluding hydrogens is 380 g/mol. The first-order valence-corrected chi connectivity index (χ1v) is 10.0. The van der Waals surface area contributed by atoms with Crippen molar-refractivity contribution in [3.05, 3.63) is 48.6 Å². The molecule has 0 saturated carbocycles. The molecule has 0 aromatic carbocycles. The number of ether oxygens (including phenoxy) is 1. The second-order valence-electron chi connectivity index (χ2n) is 5.79. The van der Waals surface area contributed by atoms with Gasteiger partial charge in [-0.25, -0.2) is 0 Å². The van der Waals surface area contributed by atoms with Gasteiger partial charge in [-0.15, -0.1) is 0 Å². The maximum atomic E-state index is 10.9. The van der Waals surface area contributed by atoms with Gasteiger partial charge in [0.25, 0.3) is 0 Å². The minimum atomic E-state index is -0.271. The van der Waals surface area contributed by atoms with Gasteiger partial charge < -0.3 is 9.84 Å². The Morgan fingerprint density at radius 1 is 1.00 bits per heavy atom. The van der Waals surface area contributed by atoms with Crippen molar-refractivity contribution < 1.29 is 14.6 Å². The topological polar surface area (TPSA) is 46.5 Å². The van der Waals surface area contributed by atoms with E-state index in [9.17, 15) is 9.90 Å². The number of carbonyl (C=O) groups excluding carboxylic acids is 1. The average Bonchev–Trinajstić information content (AvgIpc) is 2.63. The highest BCUT2D eigenvalue weighted by Gasteiger charge is 2.11. The molecule has 3 nitrogen and oxygen atoms in total. The lowest BCUT2D eigenvalue weighted by Crippen LogP contribution is -2.18. The van der Waals surface area contributed by atoms with Gasteiger partial charge in [0.05, 0.1) is 13.2 Å². The fourth-order valence-electron chi connectivity index (χ4n) is 2.04. The number of hydrogen-bond acceptors (Lipinski definition) is 3. The van der Waals surface area contributed by atoms with Gasteiger partial charge in [0.1, 0.15) is 0 Å². The van der Waals surface area contributed by atoms with Gasteiger partial charge in [0.15, 0.2) is 0 Å². The van der Waals surface area contributed by atoms with E-state index in [2.05, 4.69) is 69.3 Å². The summed E-state index contributed by atoms with van der Waals surface area (Å²) < 4.78 is 4.59. The van der Waals surface area contributed by atoms with E-state index in [4.69, 9.17) is 0 Å². The number of esters is 1. The first-order valence-electron chi connectivity index (χ1n) is 9.10. The largest absolute Gasteiger partial charge is 0.469 e. The third-order valence-corrected chi connectivity index (χ3v) is 4.64. The van der Waals surface area contributed by atoms with E-state index in [0.717, 1.165) is 44.9 Å². The number of aliphatic hydroxyl groups is 1. The third-order valence-electron chi connectivity index (χ3n) is 3.66. The number of methoxy groups -OCH3 is 1. The van der Waals surface area contributed by atoms with Crippen molar-refractivity contribution in [1.82, 2.24) is 0 Å². The van der Waals surface area contributed by atoms with Crippen LogP contribution in [-0.2, 0) is 9.53 Å². The van der Waals surface area contributed by atoms with Crippen LogP contribution in [0, 0.1) is 0 Å². The quantitative estimate of drug-likeness (QED) is 0.173. The maximum absolute atomic E-state index is 10.9. The zero-order valence-electron chi connectivity index (χ0n) is 15.6. The van der Waals surface area contributed by atoms with Crippen LogP contribution < -0.4 is 0 Å². The predicted octanol–water partition coefficient (Wildman–Crippen LogP) is 5.65. The Morgan fingerprint density at radius 2 is 1.52 bits per heavy atom. The van der Waals surface area contributed by atoms with Crippen LogP contribution in [0.5, 0.6) is 0 Å². The van der Waals surface area contributed by atoms with E-state index in [1.54, 1.807) is 0 Å². The molecule has 0 unspecified atom stereocenters. The Bertz CT molecular complexity index is 438. The summed E-state index contributed by atoms with van der Waals surface area (Å²) in [6.45, 7) is 1.99. The molecule has 0 aromatic heterocycles. The van der Waals surface area contributed by atoms with Crippen LogP contribution in [0.4, 0.5) is 0 Å². The predicted molar refractivity (Wildman–Crippen MR) is 110 cm³/mol. The fraction of sp³-hybridized carbons (Fsp3) is 0.571. The monoisotopic (exact) mass is 412 g/mol. The number of halogens is 1. The highest BCUT2D eigenvalue weighted by atomic mass is 79.9. The number of rotatable bonds is 14. The highest BCUT2D eigenvalue weighted by molar-refractivity contribution is 9.09. The summed E-state index contributed by atoms with van der Waals surface area (Å²) in [5, 5.41) is 9.64. The molecule has 4 heteroatoms. The Labute approximate surface area is 161 Å². The van der Waals surface area contributed by atoms with Gasteiger partial charge in [-0.2, -0.15) is 0 Å². The van der Waals surface area contributed by atoms with E-state index in [0.29, 0.717) is 6.42 Å². The number of alkyl halides is 1. The number of aliphatic hydroxyl groups excluding tert-OH is 1. The van der Waals surface area contributed by atoms with Gasteiger partial charge in [-0.1, -0.05) is 71.5 Å². The molecular formula is C21H33BrO3. The van der Waals surface area contributed by atoms with Crippen molar-refractivity contribution in [2.24, 2.45) is 0 Å². The standard InChI is InChI=1S/C21H33BrO3/c1-3-20(23)19(22)17-15-13-11-9-7-5-4-6-8-10-12-14-16-18-21(24)25-2/h4,6-7,9-10,12-13,15,19-20,23H,3,5,8,11,14,16-18H2,1-2H3/b6-4-,9-7-,12-10-,15-13-/t19-,20-/m0/s1. The lowest BCUT2D eigenvalue weighted by atomic mass is 10.1. The van der Waals surface area contributed by atoms with Crippen LogP contribution in [0.2, 0.25) is 0 Å². The molecule has 0 aliphatic rings. The molecule has 1 N–H and O–H groups in total. The van der Waals surface area contributed by atoms with Gasteiger partial charge in [-0.05, 0) is 44.9 Å². The molecule has 142 valence electrons. The SMILES string of the molecule is CC[C@H](O)[C@@H](Br)C/C=C\C/C=C\C/C=C\C/C=C\CCCC(=O)OC. The molecule has 0 aliphatic heterocycles. The van der Waals surface area contributed by atoms with Gasteiger partial charge >= 0.3 is 5.97 Å². The average molecular weight is 413 g/mol. The Balaban J connectivity index is 3.58. The van der Waals surface area contributed by atoms with Crippen LogP contribution in [0.1, 0.15) is 58.3 Å². The van der Waals surface area contributed by atoms with Gasteiger partial charge in [0, 0.05) is 11.2 Å². The van der Waals surface area contributed by atoms with Crippen LogP contribution >= 0.6 is 15.9 Å². The first-order chi connectivity index (χ1) is 12.1. The fourth-order valence-corrected chi connectivity index (χ4v) is 2.63. The summed E-state index contributed by atoms with van der Waals surface area (Å²) in [4.78, 5) is 11.1. The van der Waals surface area contributed by atoms with Crippen molar-refractivity contribution in [1.29, 1.82) is 0 Å². The van der Waals surface area contributed by atoms with Crippen LogP contribution in [0.25, 0.3) is 0 Å². The van der Waals surface area contributed by atoms with Crippen LogP contribution in [-0.4, -0.2) is 29.1 Å². The number of allylic oxidation sites excluding steroid dienone is 8. The number of unbranched alkanes of at least 4 members (excludes halogenated alkanes) is 1. The van der Waals surface area contributed by atoms with Crippen molar-refractivity contribution in [2.75, 3.05) is 7.11 Å². The smallest absolute Gasteiger partial charge is 0.305 e. The van der Waals surface area contributed by atoms with Crippen molar-refractivity contribution >= 4 is 21.9 Å². The van der Waals surface area contributed by atoms with Gasteiger partial charge in [0.2, 0.25) is 0 Å². The van der Waals surface area contributed by atoms with Gasteiger partial charge in [-0.3, -0.25) is 4.79 Å². The molecule has 0 fully saturated rings. The number of carbonyl (C=O) groups is 1. The Hall–Kier alpha value is -1.13. The molecule has 25 heavy (non-hydrogen) atoms. The molecule has 0 radical (unpaired) electrons. The second-order valence-corrected chi connectivity index (χ2v) is 6.96. The van der Waals surface area contributed by atoms with Crippen molar-refractivity contribution in [3.8, 4) is 0 Å². The molecule has 0 heterocycles. The molecule has 0 saturated heterocycles. The summed E-state index contributed by atoms with van der Waals surface area (Å²) >= 11 is 3.50. The summed E-state index contributed by atoms with van der Waals surface area (Å²) in [5.41, 5.74) is 0.